The van der Waals surface area contributed by atoms with Gasteiger partial charge in [0.05, 0.1) is 6.61 Å². The van der Waals surface area contributed by atoms with Crippen molar-refractivity contribution in [3.05, 3.63) is 56.2 Å². The summed E-state index contributed by atoms with van der Waals surface area (Å²) in [6.07, 6.45) is 0.655. The van der Waals surface area contributed by atoms with Crippen molar-refractivity contribution in [3.63, 3.8) is 0 Å². The second-order valence-electron chi connectivity index (χ2n) is 7.02. The van der Waals surface area contributed by atoms with Gasteiger partial charge in [-0.1, -0.05) is 53.8 Å². The summed E-state index contributed by atoms with van der Waals surface area (Å²) in [4.78, 5) is 27.7. The molecule has 0 bridgehead atoms. The van der Waals surface area contributed by atoms with Gasteiger partial charge in [-0.3, -0.25) is 13.9 Å². The van der Waals surface area contributed by atoms with Crippen LogP contribution in [0.15, 0.2) is 33.9 Å². The molecule has 1 aromatic heterocycles. The van der Waals surface area contributed by atoms with Gasteiger partial charge in [-0.25, -0.2) is 4.79 Å². The molecule has 29 heavy (non-hydrogen) atoms. The van der Waals surface area contributed by atoms with Crippen LogP contribution in [-0.4, -0.2) is 33.8 Å². The van der Waals surface area contributed by atoms with Crippen molar-refractivity contribution in [3.8, 4) is 0 Å². The smallest absolute Gasteiger partial charge is 0.332 e. The van der Waals surface area contributed by atoms with Crippen molar-refractivity contribution < 1.29 is 9.84 Å². The van der Waals surface area contributed by atoms with Gasteiger partial charge in [-0.15, -0.1) is 0 Å². The van der Waals surface area contributed by atoms with E-state index in [-0.39, 0.29) is 18.7 Å². The molecule has 2 heterocycles. The summed E-state index contributed by atoms with van der Waals surface area (Å²) < 4.78 is 9.51. The minimum atomic E-state index is -0.527. The van der Waals surface area contributed by atoms with E-state index in [1.165, 1.54) is 14.7 Å². The molecule has 2 N–H and O–H groups in total. The SMILES string of the molecule is CCCO[C@@H]1Nc2c(c(=O)n(CCCO)c(=O)n2C)N1Cc1ccc(CI)cc1. The van der Waals surface area contributed by atoms with Gasteiger partial charge in [0.2, 0.25) is 6.35 Å². The summed E-state index contributed by atoms with van der Waals surface area (Å²) in [6.45, 7) is 3.12. The number of fused-ring (bicyclic) bond motifs is 1. The normalized spacial score (nSPS) is 15.4. The van der Waals surface area contributed by atoms with Gasteiger partial charge in [0.1, 0.15) is 11.5 Å². The number of hydrogen-bond acceptors (Lipinski definition) is 6. The first kappa shape index (κ1) is 21.8. The molecule has 0 unspecified atom stereocenters. The highest BCUT2D eigenvalue weighted by atomic mass is 127. The molecule has 1 atom stereocenters. The molecule has 9 heteroatoms. The molecule has 1 aromatic carbocycles. The molecule has 0 saturated carbocycles. The second kappa shape index (κ2) is 9.77. The number of anilines is 2. The third-order valence-corrected chi connectivity index (χ3v) is 5.79. The number of nitrogens with one attached hydrogen (secondary N) is 1. The molecule has 0 radical (unpaired) electrons. The van der Waals surface area contributed by atoms with Gasteiger partial charge in [0, 0.05) is 31.2 Å². The number of hydrogen-bond donors (Lipinski definition) is 2. The summed E-state index contributed by atoms with van der Waals surface area (Å²) in [5.41, 5.74) is 1.94. The Bertz CT molecular complexity index is 955. The van der Waals surface area contributed by atoms with Crippen molar-refractivity contribution >= 4 is 34.1 Å². The molecule has 0 fully saturated rings. The Kier molecular flexibility index (Phi) is 7.36. The number of alkyl halides is 1. The fourth-order valence-corrected chi connectivity index (χ4v) is 3.88. The van der Waals surface area contributed by atoms with Crippen molar-refractivity contribution in [1.82, 2.24) is 9.13 Å². The van der Waals surface area contributed by atoms with Gasteiger partial charge in [0.15, 0.2) is 0 Å². The number of benzene rings is 1. The third kappa shape index (κ3) is 4.51. The molecule has 0 saturated heterocycles. The van der Waals surface area contributed by atoms with Crippen LogP contribution >= 0.6 is 22.6 Å². The molecule has 1 aliphatic rings. The van der Waals surface area contributed by atoms with Crippen molar-refractivity contribution in [2.75, 3.05) is 23.4 Å². The number of aromatic nitrogens is 2. The number of aliphatic hydroxyl groups is 1. The quantitative estimate of drug-likeness (QED) is 0.394. The molecule has 158 valence electrons. The first-order valence-corrected chi connectivity index (χ1v) is 11.3. The molecule has 3 rings (SSSR count). The third-order valence-electron chi connectivity index (χ3n) is 4.91. The molecule has 0 aliphatic carbocycles. The van der Waals surface area contributed by atoms with Crippen LogP contribution in [0, 0.1) is 0 Å². The Hall–Kier alpha value is -1.85. The van der Waals surface area contributed by atoms with Crippen LogP contribution in [0.2, 0.25) is 0 Å². The second-order valence-corrected chi connectivity index (χ2v) is 7.78. The Balaban J connectivity index is 2.04. The summed E-state index contributed by atoms with van der Waals surface area (Å²) >= 11 is 2.32. The van der Waals surface area contributed by atoms with E-state index in [1.54, 1.807) is 7.05 Å². The summed E-state index contributed by atoms with van der Waals surface area (Å²) in [6, 6.07) is 8.26. The van der Waals surface area contributed by atoms with Crippen LogP contribution in [0.3, 0.4) is 0 Å². The fourth-order valence-electron chi connectivity index (χ4n) is 3.37. The highest BCUT2D eigenvalue weighted by molar-refractivity contribution is 14.1. The van der Waals surface area contributed by atoms with Gasteiger partial charge >= 0.3 is 5.69 Å². The molecule has 0 amide bonds. The highest BCUT2D eigenvalue weighted by Gasteiger charge is 2.35. The van der Waals surface area contributed by atoms with E-state index in [2.05, 4.69) is 52.2 Å². The van der Waals surface area contributed by atoms with Crippen LogP contribution in [0.1, 0.15) is 30.9 Å². The van der Waals surface area contributed by atoms with Crippen LogP contribution in [0.4, 0.5) is 11.5 Å². The van der Waals surface area contributed by atoms with Crippen LogP contribution < -0.4 is 21.5 Å². The van der Waals surface area contributed by atoms with E-state index in [4.69, 9.17) is 9.84 Å². The highest BCUT2D eigenvalue weighted by Crippen LogP contribution is 2.32. The number of rotatable bonds is 9. The zero-order valence-electron chi connectivity index (χ0n) is 16.7. The number of halogens is 1. The molecule has 0 spiro atoms. The Morgan fingerprint density at radius 1 is 1.21 bits per heavy atom. The summed E-state index contributed by atoms with van der Waals surface area (Å²) in [5, 5.41) is 12.3. The Morgan fingerprint density at radius 2 is 1.90 bits per heavy atom. The number of nitrogens with zero attached hydrogens (tertiary/aromatic N) is 3. The standard InChI is InChI=1S/C20H27IN4O4/c1-3-11-29-19-22-17-16(18(27)24(9-4-10-26)20(28)23(17)2)25(19)13-15-7-5-14(12-21)6-8-15/h5-8,19,22,26H,3-4,9-13H2,1-2H3/t19-/m1/s1. The van der Waals surface area contributed by atoms with Crippen LogP contribution in [0.5, 0.6) is 0 Å². The first-order valence-electron chi connectivity index (χ1n) is 9.75. The Morgan fingerprint density at radius 3 is 2.52 bits per heavy atom. The largest absolute Gasteiger partial charge is 0.396 e. The van der Waals surface area contributed by atoms with Gasteiger partial charge in [-0.2, -0.15) is 0 Å². The number of ether oxygens (including phenoxy) is 1. The molecule has 1 aliphatic heterocycles. The van der Waals surface area contributed by atoms with E-state index < -0.39 is 12.0 Å². The lowest BCUT2D eigenvalue weighted by Crippen LogP contribution is -2.42. The summed E-state index contributed by atoms with van der Waals surface area (Å²) in [7, 11) is 1.64. The van der Waals surface area contributed by atoms with Crippen LogP contribution in [-0.2, 0) is 29.3 Å². The lowest BCUT2D eigenvalue weighted by atomic mass is 10.1. The van der Waals surface area contributed by atoms with Gasteiger partial charge < -0.3 is 20.1 Å². The Labute approximate surface area is 183 Å². The maximum Gasteiger partial charge on any atom is 0.332 e. The van der Waals surface area contributed by atoms with E-state index in [0.717, 1.165) is 16.4 Å². The predicted molar refractivity (Wildman–Crippen MR) is 122 cm³/mol. The van der Waals surface area contributed by atoms with E-state index in [1.807, 2.05) is 11.8 Å². The first-order chi connectivity index (χ1) is 14.0. The van der Waals surface area contributed by atoms with E-state index >= 15 is 0 Å². The number of aliphatic hydroxyl groups excluding tert-OH is 1. The van der Waals surface area contributed by atoms with E-state index in [0.29, 0.717) is 31.1 Å². The average molecular weight is 514 g/mol. The maximum atomic E-state index is 13.2. The lowest BCUT2D eigenvalue weighted by Gasteiger charge is -2.26. The predicted octanol–water partition coefficient (Wildman–Crippen LogP) is 2.01. The minimum Gasteiger partial charge on any atom is -0.396 e. The van der Waals surface area contributed by atoms with Gasteiger partial charge in [0.25, 0.3) is 5.56 Å². The van der Waals surface area contributed by atoms with Crippen molar-refractivity contribution in [1.29, 1.82) is 0 Å². The van der Waals surface area contributed by atoms with E-state index in [9.17, 15) is 9.59 Å². The topological polar surface area (TPSA) is 88.7 Å². The fraction of sp³-hybridized carbons (Fsp3) is 0.500. The molecular formula is C20H27IN4O4. The average Bonchev–Trinajstić information content (AvgIpc) is 3.09. The van der Waals surface area contributed by atoms with Crippen LogP contribution in [0.25, 0.3) is 0 Å². The zero-order chi connectivity index (χ0) is 21.0. The monoisotopic (exact) mass is 514 g/mol. The zero-order valence-corrected chi connectivity index (χ0v) is 18.9. The van der Waals surface area contributed by atoms with Crippen molar-refractivity contribution in [2.45, 2.75) is 43.6 Å². The molecular weight excluding hydrogens is 487 g/mol. The van der Waals surface area contributed by atoms with Gasteiger partial charge in [-0.05, 0) is 24.0 Å². The lowest BCUT2D eigenvalue weighted by molar-refractivity contribution is 0.0727. The molecule has 2 aromatic rings. The minimum absolute atomic E-state index is 0.0833. The van der Waals surface area contributed by atoms with Crippen molar-refractivity contribution in [2.24, 2.45) is 7.05 Å². The summed E-state index contributed by atoms with van der Waals surface area (Å²) in [5.74, 6) is 0.463. The maximum absolute atomic E-state index is 13.2. The molecule has 8 nitrogen and oxygen atoms in total.